The van der Waals surface area contributed by atoms with Gasteiger partial charge in [-0.15, -0.1) is 16.4 Å². The van der Waals surface area contributed by atoms with Gasteiger partial charge in [-0.25, -0.2) is 4.98 Å². The number of benzene rings is 1. The molecule has 0 radical (unpaired) electrons. The van der Waals surface area contributed by atoms with Gasteiger partial charge in [-0.2, -0.15) is 0 Å². The maximum absolute atomic E-state index is 10.6. The van der Waals surface area contributed by atoms with Gasteiger partial charge in [0.25, 0.3) is 0 Å². The molecule has 2 heterocycles. The van der Waals surface area contributed by atoms with E-state index in [1.54, 1.807) is 6.07 Å². The van der Waals surface area contributed by atoms with Crippen molar-refractivity contribution in [1.82, 2.24) is 15.2 Å². The number of hydrogen-bond donors (Lipinski definition) is 2. The molecule has 2 aromatic heterocycles. The molecule has 118 valence electrons. The van der Waals surface area contributed by atoms with Crippen molar-refractivity contribution in [3.63, 3.8) is 0 Å². The zero-order valence-electron chi connectivity index (χ0n) is 11.4. The van der Waals surface area contributed by atoms with Gasteiger partial charge in [-0.3, -0.25) is 9.89 Å². The van der Waals surface area contributed by atoms with Crippen molar-refractivity contribution in [3.05, 3.63) is 40.4 Å². The third kappa shape index (κ3) is 4.06. The molecule has 3 rings (SSSR count). The lowest BCUT2D eigenvalue weighted by Gasteiger charge is -1.99. The number of rotatable bonds is 5. The van der Waals surface area contributed by atoms with Crippen molar-refractivity contribution in [1.29, 1.82) is 0 Å². The van der Waals surface area contributed by atoms with Gasteiger partial charge in [-0.05, 0) is 35.9 Å². The average molecular weight is 386 g/mol. The number of thiophene rings is 1. The van der Waals surface area contributed by atoms with E-state index in [-0.39, 0.29) is 5.75 Å². The summed E-state index contributed by atoms with van der Waals surface area (Å²) in [5.74, 6) is -0.381. The first-order chi connectivity index (χ1) is 11.0. The summed E-state index contributed by atoms with van der Waals surface area (Å²) in [7, 11) is 0. The number of H-pyrrole nitrogens is 1. The fourth-order valence-corrected chi connectivity index (χ4v) is 3.84. The van der Waals surface area contributed by atoms with Crippen molar-refractivity contribution in [2.24, 2.45) is 0 Å². The molecule has 0 atom stereocenters. The Labute approximate surface area is 149 Å². The Hall–Kier alpha value is -1.54. The fraction of sp³-hybridized carbons (Fsp3) is 0.0714. The van der Waals surface area contributed by atoms with Crippen LogP contribution in [-0.4, -0.2) is 32.0 Å². The number of hydrogen-bond acceptors (Lipinski definition) is 5. The van der Waals surface area contributed by atoms with Crippen LogP contribution in [0.15, 0.2) is 35.5 Å². The van der Waals surface area contributed by atoms with E-state index in [4.69, 9.17) is 28.3 Å². The molecule has 0 bridgehead atoms. The van der Waals surface area contributed by atoms with E-state index in [0.717, 1.165) is 27.1 Å². The second kappa shape index (κ2) is 6.92. The van der Waals surface area contributed by atoms with Gasteiger partial charge in [-0.1, -0.05) is 35.0 Å². The van der Waals surface area contributed by atoms with E-state index in [2.05, 4.69) is 15.2 Å². The van der Waals surface area contributed by atoms with Gasteiger partial charge in [0, 0.05) is 14.9 Å². The van der Waals surface area contributed by atoms with E-state index >= 15 is 0 Å². The SMILES string of the molecule is O=C(O)CSc1n[nH]c(-c2ccc(-c3cc(Cl)cc(Cl)c3)s2)n1. The summed E-state index contributed by atoms with van der Waals surface area (Å²) in [4.78, 5) is 16.7. The topological polar surface area (TPSA) is 78.9 Å². The lowest BCUT2D eigenvalue weighted by molar-refractivity contribution is -0.133. The fourth-order valence-electron chi connectivity index (χ4n) is 1.86. The summed E-state index contributed by atoms with van der Waals surface area (Å²) in [6, 6.07) is 9.24. The Morgan fingerprint density at radius 3 is 2.61 bits per heavy atom. The van der Waals surface area contributed by atoms with Crippen molar-refractivity contribution in [2.75, 3.05) is 5.75 Å². The van der Waals surface area contributed by atoms with Gasteiger partial charge in [0.05, 0.1) is 10.6 Å². The van der Waals surface area contributed by atoms with Crippen LogP contribution < -0.4 is 0 Å². The Morgan fingerprint density at radius 2 is 1.91 bits per heavy atom. The van der Waals surface area contributed by atoms with E-state index < -0.39 is 5.97 Å². The molecule has 2 N–H and O–H groups in total. The van der Waals surface area contributed by atoms with E-state index in [9.17, 15) is 4.79 Å². The minimum atomic E-state index is -0.905. The number of aliphatic carboxylic acids is 1. The first-order valence-corrected chi connectivity index (χ1v) is 8.91. The Kier molecular flexibility index (Phi) is 4.91. The van der Waals surface area contributed by atoms with Gasteiger partial charge >= 0.3 is 5.97 Å². The van der Waals surface area contributed by atoms with Crippen LogP contribution in [0.2, 0.25) is 10.0 Å². The van der Waals surface area contributed by atoms with Crippen molar-refractivity contribution >= 4 is 52.3 Å². The molecule has 0 amide bonds. The third-order valence-electron chi connectivity index (χ3n) is 2.78. The molecule has 1 aromatic carbocycles. The largest absolute Gasteiger partial charge is 0.481 e. The number of aromatic amines is 1. The Bertz CT molecular complexity index is 843. The minimum absolute atomic E-state index is 0.0754. The normalized spacial score (nSPS) is 10.9. The number of carbonyl (C=O) groups is 1. The lowest BCUT2D eigenvalue weighted by Crippen LogP contribution is -1.97. The highest BCUT2D eigenvalue weighted by molar-refractivity contribution is 7.99. The lowest BCUT2D eigenvalue weighted by atomic mass is 10.2. The first-order valence-electron chi connectivity index (χ1n) is 6.35. The number of thioether (sulfide) groups is 1. The summed E-state index contributed by atoms with van der Waals surface area (Å²) in [5.41, 5.74) is 0.929. The summed E-state index contributed by atoms with van der Waals surface area (Å²) in [6.07, 6.45) is 0. The molecule has 5 nitrogen and oxygen atoms in total. The molecule has 0 unspecified atom stereocenters. The maximum atomic E-state index is 10.6. The van der Waals surface area contributed by atoms with Crippen molar-refractivity contribution < 1.29 is 9.90 Å². The number of halogens is 2. The molecule has 0 fully saturated rings. The number of aromatic nitrogens is 3. The van der Waals surface area contributed by atoms with Gasteiger partial charge in [0.15, 0.2) is 5.82 Å². The predicted molar refractivity (Wildman–Crippen MR) is 93.5 cm³/mol. The standard InChI is InChI=1S/C14H9Cl2N3O2S2/c15-8-3-7(4-9(16)5-8)10-1-2-11(23-10)13-17-14(19-18-13)22-6-12(20)21/h1-5H,6H2,(H,20,21)(H,17,18,19). The van der Waals surface area contributed by atoms with E-state index in [1.165, 1.54) is 11.3 Å². The van der Waals surface area contributed by atoms with Gasteiger partial charge in [0.1, 0.15) is 0 Å². The van der Waals surface area contributed by atoms with Crippen LogP contribution in [0.1, 0.15) is 0 Å². The monoisotopic (exact) mass is 385 g/mol. The third-order valence-corrected chi connectivity index (χ3v) is 5.19. The number of nitrogens with one attached hydrogen (secondary N) is 1. The molecule has 3 aromatic rings. The van der Waals surface area contributed by atoms with Gasteiger partial charge < -0.3 is 5.11 Å². The predicted octanol–water partition coefficient (Wildman–Crippen LogP) is 4.68. The van der Waals surface area contributed by atoms with E-state index in [1.807, 2.05) is 24.3 Å². The smallest absolute Gasteiger partial charge is 0.313 e. The number of carboxylic acid groups (broad SMARTS) is 1. The van der Waals surface area contributed by atoms with Crippen LogP contribution in [0.3, 0.4) is 0 Å². The molecule has 0 aliphatic carbocycles. The van der Waals surface area contributed by atoms with Crippen LogP contribution in [0.4, 0.5) is 0 Å². The first kappa shape index (κ1) is 16.3. The molecular weight excluding hydrogens is 377 g/mol. The molecule has 0 saturated carbocycles. The molecule has 0 saturated heterocycles. The number of nitrogens with zero attached hydrogens (tertiary/aromatic N) is 2. The highest BCUT2D eigenvalue weighted by Gasteiger charge is 2.11. The molecule has 23 heavy (non-hydrogen) atoms. The van der Waals surface area contributed by atoms with Crippen molar-refractivity contribution in [2.45, 2.75) is 5.16 Å². The minimum Gasteiger partial charge on any atom is -0.481 e. The van der Waals surface area contributed by atoms with E-state index in [0.29, 0.717) is 21.0 Å². The van der Waals surface area contributed by atoms with Crippen LogP contribution in [0.25, 0.3) is 21.1 Å². The quantitative estimate of drug-likeness (QED) is 0.623. The van der Waals surface area contributed by atoms with Crippen LogP contribution in [-0.2, 0) is 4.79 Å². The van der Waals surface area contributed by atoms with Gasteiger partial charge in [0.2, 0.25) is 5.16 Å². The second-order valence-electron chi connectivity index (χ2n) is 4.47. The molecule has 0 aliphatic heterocycles. The molecule has 9 heteroatoms. The summed E-state index contributed by atoms with van der Waals surface area (Å²) < 4.78 is 0. The molecule has 0 spiro atoms. The van der Waals surface area contributed by atoms with Crippen molar-refractivity contribution in [3.8, 4) is 21.1 Å². The summed E-state index contributed by atoms with van der Waals surface area (Å²) >= 11 is 14.6. The summed E-state index contributed by atoms with van der Waals surface area (Å²) in [6.45, 7) is 0. The number of carboxylic acids is 1. The van der Waals surface area contributed by atoms with Crippen LogP contribution in [0.5, 0.6) is 0 Å². The summed E-state index contributed by atoms with van der Waals surface area (Å²) in [5, 5.41) is 17.0. The molecule has 0 aliphatic rings. The zero-order chi connectivity index (χ0) is 16.4. The maximum Gasteiger partial charge on any atom is 0.313 e. The Balaban J connectivity index is 1.83. The highest BCUT2D eigenvalue weighted by atomic mass is 35.5. The Morgan fingerprint density at radius 1 is 1.22 bits per heavy atom. The average Bonchev–Trinajstić information content (AvgIpc) is 3.13. The molecular formula is C14H9Cl2N3O2S2. The van der Waals surface area contributed by atoms with Crippen LogP contribution >= 0.6 is 46.3 Å². The zero-order valence-corrected chi connectivity index (χ0v) is 14.6. The second-order valence-corrected chi connectivity index (χ2v) is 7.37. The highest BCUT2D eigenvalue weighted by Crippen LogP contribution is 2.35. The van der Waals surface area contributed by atoms with Crippen LogP contribution in [0, 0.1) is 0 Å².